The number of fused-ring (bicyclic) bond motifs is 1. The molecule has 26 heavy (non-hydrogen) atoms. The molecule has 1 aliphatic rings. The van der Waals surface area contributed by atoms with E-state index in [2.05, 4.69) is 40.3 Å². The quantitative estimate of drug-likeness (QED) is 0.217. The maximum absolute atomic E-state index is 11.1. The normalized spacial score (nSPS) is 18.0. The van der Waals surface area contributed by atoms with Crippen LogP contribution in [0.3, 0.4) is 0 Å². The van der Waals surface area contributed by atoms with Gasteiger partial charge in [-0.15, -0.1) is 24.0 Å². The van der Waals surface area contributed by atoms with Gasteiger partial charge in [-0.3, -0.25) is 9.79 Å². The summed E-state index contributed by atoms with van der Waals surface area (Å²) in [5.41, 5.74) is 0.918. The van der Waals surface area contributed by atoms with E-state index < -0.39 is 0 Å². The zero-order valence-corrected chi connectivity index (χ0v) is 18.3. The Labute approximate surface area is 173 Å². The van der Waals surface area contributed by atoms with Crippen molar-refractivity contribution in [1.29, 1.82) is 0 Å². The lowest BCUT2D eigenvalue weighted by Gasteiger charge is -2.38. The number of ether oxygens (including phenoxy) is 2. The van der Waals surface area contributed by atoms with Gasteiger partial charge in [-0.2, -0.15) is 0 Å². The van der Waals surface area contributed by atoms with Crippen molar-refractivity contribution in [3.63, 3.8) is 0 Å². The fraction of sp³-hybridized carbons (Fsp3) is 0.579. The van der Waals surface area contributed by atoms with Gasteiger partial charge >= 0.3 is 5.97 Å². The SMILES string of the molecule is CN=C(NCCCCC(=O)OC)NC1CC(C)(C)Oc2ccccc21.I. The molecule has 1 heterocycles. The minimum Gasteiger partial charge on any atom is -0.487 e. The summed E-state index contributed by atoms with van der Waals surface area (Å²) in [5.74, 6) is 1.52. The topological polar surface area (TPSA) is 72.0 Å². The summed E-state index contributed by atoms with van der Waals surface area (Å²) < 4.78 is 10.7. The number of para-hydroxylation sites is 1. The van der Waals surface area contributed by atoms with Gasteiger partial charge in [0.1, 0.15) is 11.4 Å². The molecule has 0 radical (unpaired) electrons. The van der Waals surface area contributed by atoms with Crippen LogP contribution in [0.25, 0.3) is 0 Å². The van der Waals surface area contributed by atoms with Gasteiger partial charge in [0.15, 0.2) is 5.96 Å². The molecule has 1 aromatic rings. The van der Waals surface area contributed by atoms with Crippen molar-refractivity contribution < 1.29 is 14.3 Å². The molecule has 2 rings (SSSR count). The molecule has 1 atom stereocenters. The Morgan fingerprint density at radius 1 is 1.35 bits per heavy atom. The van der Waals surface area contributed by atoms with Gasteiger partial charge < -0.3 is 20.1 Å². The van der Waals surface area contributed by atoms with Crippen LogP contribution in [0.1, 0.15) is 51.1 Å². The number of nitrogens with zero attached hydrogens (tertiary/aromatic N) is 1. The molecular formula is C19H30IN3O3. The number of unbranched alkanes of at least 4 members (excludes halogenated alkanes) is 1. The third-order valence-electron chi connectivity index (χ3n) is 4.24. The van der Waals surface area contributed by atoms with E-state index >= 15 is 0 Å². The third kappa shape index (κ3) is 6.66. The molecule has 1 unspecified atom stereocenters. The molecule has 7 heteroatoms. The number of carbonyl (C=O) groups is 1. The molecule has 0 saturated heterocycles. The van der Waals surface area contributed by atoms with Crippen LogP contribution in [0.4, 0.5) is 0 Å². The second-order valence-electron chi connectivity index (χ2n) is 6.83. The molecule has 0 aromatic heterocycles. The Bertz CT molecular complexity index is 620. The lowest BCUT2D eigenvalue weighted by molar-refractivity contribution is -0.140. The minimum atomic E-state index is -0.231. The highest BCUT2D eigenvalue weighted by Crippen LogP contribution is 2.39. The molecule has 0 saturated carbocycles. The first-order valence-corrected chi connectivity index (χ1v) is 8.77. The summed E-state index contributed by atoms with van der Waals surface area (Å²) in [5, 5.41) is 6.81. The Morgan fingerprint density at radius 2 is 2.08 bits per heavy atom. The number of carbonyl (C=O) groups excluding carboxylic acids is 1. The zero-order valence-electron chi connectivity index (χ0n) is 16.0. The molecule has 6 nitrogen and oxygen atoms in total. The smallest absolute Gasteiger partial charge is 0.305 e. The Balaban J connectivity index is 0.00000338. The van der Waals surface area contributed by atoms with Gasteiger partial charge in [-0.05, 0) is 32.8 Å². The summed E-state index contributed by atoms with van der Waals surface area (Å²) in [6, 6.07) is 8.25. The van der Waals surface area contributed by atoms with Crippen molar-refractivity contribution in [2.75, 3.05) is 20.7 Å². The highest BCUT2D eigenvalue weighted by Gasteiger charge is 2.33. The number of benzene rings is 1. The van der Waals surface area contributed by atoms with Gasteiger partial charge in [0, 0.05) is 32.0 Å². The van der Waals surface area contributed by atoms with E-state index in [0.29, 0.717) is 6.42 Å². The van der Waals surface area contributed by atoms with Crippen molar-refractivity contribution in [3.8, 4) is 5.75 Å². The van der Waals surface area contributed by atoms with Crippen LogP contribution in [0.15, 0.2) is 29.3 Å². The molecule has 1 aliphatic heterocycles. The van der Waals surface area contributed by atoms with Crippen molar-refractivity contribution in [1.82, 2.24) is 10.6 Å². The van der Waals surface area contributed by atoms with Crippen LogP contribution < -0.4 is 15.4 Å². The van der Waals surface area contributed by atoms with Crippen LogP contribution in [0.2, 0.25) is 0 Å². The lowest BCUT2D eigenvalue weighted by Crippen LogP contribution is -2.45. The van der Waals surface area contributed by atoms with Gasteiger partial charge in [0.25, 0.3) is 0 Å². The van der Waals surface area contributed by atoms with Crippen molar-refractivity contribution in [2.24, 2.45) is 4.99 Å². The largest absolute Gasteiger partial charge is 0.487 e. The number of halogens is 1. The van der Waals surface area contributed by atoms with Crippen LogP contribution in [-0.2, 0) is 9.53 Å². The minimum absolute atomic E-state index is 0. The van der Waals surface area contributed by atoms with E-state index in [1.807, 2.05) is 18.2 Å². The number of esters is 1. The number of guanidine groups is 1. The molecule has 1 aromatic carbocycles. The summed E-state index contributed by atoms with van der Waals surface area (Å²) in [6.07, 6.45) is 2.98. The first-order valence-electron chi connectivity index (χ1n) is 8.77. The van der Waals surface area contributed by atoms with Crippen LogP contribution in [0, 0.1) is 0 Å². The number of aliphatic imine (C=N–C) groups is 1. The van der Waals surface area contributed by atoms with E-state index in [1.165, 1.54) is 7.11 Å². The highest BCUT2D eigenvalue weighted by atomic mass is 127. The molecule has 2 N–H and O–H groups in total. The van der Waals surface area contributed by atoms with E-state index in [0.717, 1.165) is 43.1 Å². The summed E-state index contributed by atoms with van der Waals surface area (Å²) in [6.45, 7) is 4.95. The van der Waals surface area contributed by atoms with Crippen LogP contribution >= 0.6 is 24.0 Å². The summed E-state index contributed by atoms with van der Waals surface area (Å²) in [4.78, 5) is 15.4. The van der Waals surface area contributed by atoms with Crippen molar-refractivity contribution in [3.05, 3.63) is 29.8 Å². The van der Waals surface area contributed by atoms with Gasteiger partial charge in [0.05, 0.1) is 13.2 Å². The summed E-state index contributed by atoms with van der Waals surface area (Å²) >= 11 is 0. The third-order valence-corrected chi connectivity index (χ3v) is 4.24. The highest BCUT2D eigenvalue weighted by molar-refractivity contribution is 14.0. The van der Waals surface area contributed by atoms with E-state index in [1.54, 1.807) is 7.05 Å². The van der Waals surface area contributed by atoms with Gasteiger partial charge in [-0.25, -0.2) is 0 Å². The average Bonchev–Trinajstić information content (AvgIpc) is 2.59. The molecule has 0 fully saturated rings. The van der Waals surface area contributed by atoms with Crippen LogP contribution in [0.5, 0.6) is 5.75 Å². The monoisotopic (exact) mass is 475 g/mol. The molecule has 146 valence electrons. The second-order valence-corrected chi connectivity index (χ2v) is 6.83. The average molecular weight is 475 g/mol. The predicted octanol–water partition coefficient (Wildman–Crippen LogP) is 3.42. The fourth-order valence-corrected chi connectivity index (χ4v) is 2.99. The Kier molecular flexibility index (Phi) is 9.18. The van der Waals surface area contributed by atoms with Gasteiger partial charge in [-0.1, -0.05) is 18.2 Å². The Hall–Kier alpha value is -1.51. The number of hydrogen-bond acceptors (Lipinski definition) is 4. The fourth-order valence-electron chi connectivity index (χ4n) is 2.99. The maximum atomic E-state index is 11.1. The number of rotatable bonds is 6. The Morgan fingerprint density at radius 3 is 2.77 bits per heavy atom. The molecule has 0 amide bonds. The van der Waals surface area contributed by atoms with Gasteiger partial charge in [0.2, 0.25) is 0 Å². The maximum Gasteiger partial charge on any atom is 0.305 e. The lowest BCUT2D eigenvalue weighted by atomic mass is 9.90. The number of methoxy groups -OCH3 is 1. The number of hydrogen-bond donors (Lipinski definition) is 2. The zero-order chi connectivity index (χ0) is 18.3. The molecule has 0 bridgehead atoms. The van der Waals surface area contributed by atoms with Crippen molar-refractivity contribution >= 4 is 35.9 Å². The second kappa shape index (κ2) is 10.6. The standard InChI is InChI=1S/C19H29N3O3.HI/c1-19(2)13-15(14-9-5-6-10-16(14)25-19)22-18(20-3)21-12-8-7-11-17(23)24-4;/h5-6,9-10,15H,7-8,11-13H2,1-4H3,(H2,20,21,22);1H. The van der Waals surface area contributed by atoms with E-state index in [-0.39, 0.29) is 41.6 Å². The first kappa shape index (κ1) is 22.5. The van der Waals surface area contributed by atoms with Crippen molar-refractivity contribution in [2.45, 2.75) is 51.2 Å². The predicted molar refractivity (Wildman–Crippen MR) is 114 cm³/mol. The molecular weight excluding hydrogens is 445 g/mol. The molecule has 0 aliphatic carbocycles. The summed E-state index contributed by atoms with van der Waals surface area (Å²) in [7, 11) is 3.18. The molecule has 0 spiro atoms. The number of nitrogens with one attached hydrogen (secondary N) is 2. The van der Waals surface area contributed by atoms with Crippen LogP contribution in [-0.4, -0.2) is 38.2 Å². The first-order chi connectivity index (χ1) is 11.9. The van der Waals surface area contributed by atoms with E-state index in [4.69, 9.17) is 4.74 Å². The van der Waals surface area contributed by atoms with E-state index in [9.17, 15) is 4.79 Å².